The largest absolute Gasteiger partial charge is 0.349 e. The average Bonchev–Trinajstić information content (AvgIpc) is 2.41. The fraction of sp³-hybridized carbons (Fsp3) is 0.286. The summed E-state index contributed by atoms with van der Waals surface area (Å²) in [6.45, 7) is 3.54. The molecule has 0 saturated heterocycles. The molecular weight excluding hydrogens is 309 g/mol. The van der Waals surface area contributed by atoms with Crippen LogP contribution in [0, 0.1) is 5.82 Å². The molecule has 0 atom stereocenters. The van der Waals surface area contributed by atoms with Crippen LogP contribution in [-0.4, -0.2) is 37.4 Å². The Morgan fingerprint density at radius 2 is 1.86 bits per heavy atom. The number of carbonyl (C=O) groups is 1. The van der Waals surface area contributed by atoms with Crippen molar-refractivity contribution in [2.45, 2.75) is 19.9 Å². The molecule has 118 valence electrons. The molecule has 0 bridgehead atoms. The minimum absolute atomic E-state index is 0.0389. The van der Waals surface area contributed by atoms with Crippen molar-refractivity contribution in [1.82, 2.24) is 9.62 Å². The first-order valence-corrected chi connectivity index (χ1v) is 7.98. The Balaban J connectivity index is 2.47. The molecule has 0 radical (unpaired) electrons. The third-order valence-electron chi connectivity index (χ3n) is 2.96. The third-order valence-corrected chi connectivity index (χ3v) is 4.28. The fourth-order valence-electron chi connectivity index (χ4n) is 1.86. The highest BCUT2D eigenvalue weighted by molar-refractivity contribution is 7.88. The van der Waals surface area contributed by atoms with Crippen molar-refractivity contribution < 1.29 is 17.6 Å². The van der Waals surface area contributed by atoms with Crippen LogP contribution < -0.4 is 5.32 Å². The first-order valence-electron chi connectivity index (χ1n) is 6.58. The van der Waals surface area contributed by atoms with Crippen molar-refractivity contribution in [3.8, 4) is 0 Å². The molecule has 1 aromatic carbocycles. The second-order valence-electron chi connectivity index (χ2n) is 5.09. The minimum Gasteiger partial charge on any atom is -0.349 e. The molecule has 1 aromatic rings. The van der Waals surface area contributed by atoms with Gasteiger partial charge in [-0.2, -0.15) is 8.42 Å². The van der Waals surface area contributed by atoms with Gasteiger partial charge in [0.2, 0.25) is 0 Å². The average molecular weight is 325 g/mol. The lowest BCUT2D eigenvalue weighted by Crippen LogP contribution is -2.40. The van der Waals surface area contributed by atoms with Crippen molar-refractivity contribution in [1.29, 1.82) is 0 Å². The maximum absolute atomic E-state index is 13.0. The summed E-state index contributed by atoms with van der Waals surface area (Å²) in [7, 11) is -2.74. The van der Waals surface area contributed by atoms with E-state index in [1.165, 1.54) is 37.4 Å². The van der Waals surface area contributed by atoms with Crippen molar-refractivity contribution in [3.63, 3.8) is 0 Å². The van der Waals surface area contributed by atoms with Gasteiger partial charge in [-0.15, -0.1) is 4.40 Å². The maximum atomic E-state index is 13.0. The van der Waals surface area contributed by atoms with Crippen LogP contribution in [0.4, 0.5) is 4.39 Å². The predicted octanol–water partition coefficient (Wildman–Crippen LogP) is 1.21. The fourth-order valence-corrected chi connectivity index (χ4v) is 2.77. The third kappa shape index (κ3) is 3.33. The quantitative estimate of drug-likeness (QED) is 0.907. The highest BCUT2D eigenvalue weighted by Gasteiger charge is 2.30. The number of halogens is 1. The van der Waals surface area contributed by atoms with Gasteiger partial charge in [-0.1, -0.05) is 0 Å². The van der Waals surface area contributed by atoms with Gasteiger partial charge < -0.3 is 5.32 Å². The zero-order valence-corrected chi connectivity index (χ0v) is 13.2. The number of rotatable bonds is 3. The summed E-state index contributed by atoms with van der Waals surface area (Å²) < 4.78 is 41.6. The molecule has 0 unspecified atom stereocenters. The van der Waals surface area contributed by atoms with Gasteiger partial charge in [0, 0.05) is 18.7 Å². The van der Waals surface area contributed by atoms with Crippen molar-refractivity contribution >= 4 is 21.8 Å². The Labute approximate surface area is 128 Å². The van der Waals surface area contributed by atoms with Gasteiger partial charge in [0.05, 0.1) is 5.71 Å². The van der Waals surface area contributed by atoms with E-state index in [4.69, 9.17) is 0 Å². The summed E-state index contributed by atoms with van der Waals surface area (Å²) in [4.78, 5) is 12.1. The number of nitrogens with zero attached hydrogens (tertiary/aromatic N) is 2. The molecule has 1 heterocycles. The predicted molar refractivity (Wildman–Crippen MR) is 81.0 cm³/mol. The number of amides is 1. The Bertz CT molecular complexity index is 752. The summed E-state index contributed by atoms with van der Waals surface area (Å²) in [5.74, 6) is -0.961. The molecule has 1 N–H and O–H groups in total. The zero-order chi connectivity index (χ0) is 16.5. The van der Waals surface area contributed by atoms with Crippen LogP contribution in [0.5, 0.6) is 0 Å². The number of nitrogens with one attached hydrogen (secondary N) is 1. The molecule has 8 heteroatoms. The lowest BCUT2D eigenvalue weighted by Gasteiger charge is -2.24. The first kappa shape index (κ1) is 16.2. The molecule has 6 nitrogen and oxygen atoms in total. The van der Waals surface area contributed by atoms with Gasteiger partial charge >= 0.3 is 10.2 Å². The summed E-state index contributed by atoms with van der Waals surface area (Å²) >= 11 is 0. The van der Waals surface area contributed by atoms with Crippen LogP contribution >= 0.6 is 0 Å². The molecule has 1 aliphatic rings. The molecular formula is C14H16FN3O3S. The highest BCUT2D eigenvalue weighted by atomic mass is 32.2. The van der Waals surface area contributed by atoms with E-state index in [0.717, 1.165) is 4.31 Å². The normalized spacial score (nSPS) is 17.0. The summed E-state index contributed by atoms with van der Waals surface area (Å²) in [6.07, 6.45) is 1.37. The van der Waals surface area contributed by atoms with E-state index in [-0.39, 0.29) is 17.5 Å². The van der Waals surface area contributed by atoms with Crippen molar-refractivity contribution in [3.05, 3.63) is 47.4 Å². The van der Waals surface area contributed by atoms with E-state index in [1.54, 1.807) is 13.8 Å². The van der Waals surface area contributed by atoms with Gasteiger partial charge in [-0.05, 0) is 44.2 Å². The van der Waals surface area contributed by atoms with E-state index < -0.39 is 21.9 Å². The van der Waals surface area contributed by atoms with Crippen LogP contribution in [-0.2, 0) is 15.0 Å². The standard InChI is InChI=1S/C14H16FN3O3S/c1-9(2)16-14(19)13-8-12(17-22(20,21)18(13)3)10-4-6-11(15)7-5-10/h4-9H,1-3H3,(H,16,19). The number of allylic oxidation sites excluding steroid dienone is 1. The van der Waals surface area contributed by atoms with E-state index >= 15 is 0 Å². The Morgan fingerprint density at radius 1 is 1.27 bits per heavy atom. The van der Waals surface area contributed by atoms with Gasteiger partial charge in [-0.25, -0.2) is 8.70 Å². The van der Waals surface area contributed by atoms with E-state index in [0.29, 0.717) is 5.56 Å². The number of carbonyl (C=O) groups excluding carboxylic acids is 1. The number of hydrogen-bond donors (Lipinski definition) is 1. The van der Waals surface area contributed by atoms with Crippen LogP contribution in [0.15, 0.2) is 40.4 Å². The van der Waals surface area contributed by atoms with Gasteiger partial charge in [0.1, 0.15) is 11.5 Å². The lowest BCUT2D eigenvalue weighted by atomic mass is 10.1. The van der Waals surface area contributed by atoms with Gasteiger partial charge in [-0.3, -0.25) is 4.79 Å². The van der Waals surface area contributed by atoms with E-state index in [2.05, 4.69) is 9.71 Å². The van der Waals surface area contributed by atoms with Gasteiger partial charge in [0.25, 0.3) is 5.91 Å². The van der Waals surface area contributed by atoms with Crippen molar-refractivity contribution in [2.75, 3.05) is 7.05 Å². The summed E-state index contributed by atoms with van der Waals surface area (Å²) in [5, 5.41) is 2.63. The molecule has 0 fully saturated rings. The van der Waals surface area contributed by atoms with Crippen molar-refractivity contribution in [2.24, 2.45) is 4.40 Å². The first-order chi connectivity index (χ1) is 10.2. The Hall–Kier alpha value is -2.22. The molecule has 0 aromatic heterocycles. The number of likely N-dealkylation sites (N-methyl/N-ethyl adjacent to an activating group) is 1. The molecule has 0 spiro atoms. The zero-order valence-electron chi connectivity index (χ0n) is 12.4. The topological polar surface area (TPSA) is 78.8 Å². The molecule has 1 aliphatic heterocycles. The molecule has 2 rings (SSSR count). The molecule has 0 aliphatic carbocycles. The van der Waals surface area contributed by atoms with E-state index in [1.807, 2.05) is 0 Å². The van der Waals surface area contributed by atoms with Crippen LogP contribution in [0.2, 0.25) is 0 Å². The SMILES string of the molecule is CC(C)NC(=O)C1=CC(c2ccc(F)cc2)=NS(=O)(=O)N1C. The number of hydrogen-bond acceptors (Lipinski definition) is 3. The lowest BCUT2D eigenvalue weighted by molar-refractivity contribution is -0.118. The summed E-state index contributed by atoms with van der Waals surface area (Å²) in [6, 6.07) is 5.07. The maximum Gasteiger partial charge on any atom is 0.345 e. The summed E-state index contributed by atoms with van der Waals surface area (Å²) in [5.41, 5.74) is 0.461. The van der Waals surface area contributed by atoms with Crippen LogP contribution in [0.1, 0.15) is 19.4 Å². The van der Waals surface area contributed by atoms with Crippen LogP contribution in [0.25, 0.3) is 0 Å². The second kappa shape index (κ2) is 5.88. The number of benzene rings is 1. The Morgan fingerprint density at radius 3 is 2.41 bits per heavy atom. The Kier molecular flexibility index (Phi) is 4.32. The molecule has 0 saturated carbocycles. The van der Waals surface area contributed by atoms with Gasteiger partial charge in [0.15, 0.2) is 0 Å². The molecule has 22 heavy (non-hydrogen) atoms. The monoisotopic (exact) mass is 325 g/mol. The minimum atomic E-state index is -4.00. The molecule has 1 amide bonds. The van der Waals surface area contributed by atoms with E-state index in [9.17, 15) is 17.6 Å². The highest BCUT2D eigenvalue weighted by Crippen LogP contribution is 2.20. The van der Waals surface area contributed by atoms with Crippen LogP contribution in [0.3, 0.4) is 0 Å². The second-order valence-corrected chi connectivity index (χ2v) is 6.71. The smallest absolute Gasteiger partial charge is 0.345 e.